The average molecular weight is 713 g/mol. The van der Waals surface area contributed by atoms with E-state index in [1.54, 1.807) is 0 Å². The van der Waals surface area contributed by atoms with Gasteiger partial charge in [0.2, 0.25) is 0 Å². The molecule has 0 bridgehead atoms. The van der Waals surface area contributed by atoms with Crippen LogP contribution in [0.5, 0.6) is 0 Å². The minimum atomic E-state index is 0.851. The van der Waals surface area contributed by atoms with Crippen LogP contribution in [-0.2, 0) is 6.42 Å². The molecule has 0 spiro atoms. The fourth-order valence-electron chi connectivity index (χ4n) is 9.88. The predicted molar refractivity (Wildman–Crippen MR) is 237 cm³/mol. The summed E-state index contributed by atoms with van der Waals surface area (Å²) in [6.07, 6.45) is 4.17. The molecular formula is C54H32O2. The zero-order valence-electron chi connectivity index (χ0n) is 30.4. The van der Waals surface area contributed by atoms with Gasteiger partial charge in [0, 0.05) is 34.2 Å². The Balaban J connectivity index is 0.953. The van der Waals surface area contributed by atoms with Gasteiger partial charge in [-0.25, -0.2) is 0 Å². The topological polar surface area (TPSA) is 26.3 Å². The third-order valence-corrected chi connectivity index (χ3v) is 12.5. The highest BCUT2D eigenvalue weighted by Gasteiger charge is 2.22. The van der Waals surface area contributed by atoms with E-state index in [1.807, 2.05) is 0 Å². The number of allylic oxidation sites excluding steroid dienone is 1. The number of hydrogen-bond donors (Lipinski definition) is 0. The molecule has 0 fully saturated rings. The first kappa shape index (κ1) is 30.2. The van der Waals surface area contributed by atoms with Crippen LogP contribution in [0.1, 0.15) is 23.3 Å². The smallest absolute Gasteiger partial charge is 0.139 e. The SMILES string of the molecule is C1=C(c2ccc3c4ccccc4c4ccccc4c3c2)CCc2oc3cc4oc5ccc(-c6ccc7c8ccccc8c8ccccc8c7c6)cc5c4cc3c21. The highest BCUT2D eigenvalue weighted by Crippen LogP contribution is 2.43. The van der Waals surface area contributed by atoms with E-state index in [0.29, 0.717) is 0 Å². The predicted octanol–water partition coefficient (Wildman–Crippen LogP) is 15.4. The summed E-state index contributed by atoms with van der Waals surface area (Å²) in [7, 11) is 0. The van der Waals surface area contributed by atoms with Crippen molar-refractivity contribution < 1.29 is 8.83 Å². The lowest BCUT2D eigenvalue weighted by Crippen LogP contribution is -1.96. The Kier molecular flexibility index (Phi) is 6.04. The molecule has 260 valence electrons. The van der Waals surface area contributed by atoms with Crippen LogP contribution in [0, 0.1) is 0 Å². The molecule has 0 saturated carbocycles. The van der Waals surface area contributed by atoms with E-state index >= 15 is 0 Å². The van der Waals surface area contributed by atoms with Gasteiger partial charge in [0.15, 0.2) is 0 Å². The minimum Gasteiger partial charge on any atom is -0.460 e. The second-order valence-corrected chi connectivity index (χ2v) is 15.5. The molecule has 1 aliphatic carbocycles. The molecule has 12 aromatic rings. The van der Waals surface area contributed by atoms with Gasteiger partial charge < -0.3 is 8.83 Å². The van der Waals surface area contributed by atoms with Gasteiger partial charge in [-0.15, -0.1) is 0 Å². The first-order chi connectivity index (χ1) is 27.7. The average Bonchev–Trinajstić information content (AvgIpc) is 3.81. The second kappa shape index (κ2) is 11.2. The van der Waals surface area contributed by atoms with E-state index in [9.17, 15) is 0 Å². The third-order valence-electron chi connectivity index (χ3n) is 12.5. The number of furan rings is 2. The van der Waals surface area contributed by atoms with Crippen LogP contribution >= 0.6 is 0 Å². The van der Waals surface area contributed by atoms with Crippen LogP contribution in [0.4, 0.5) is 0 Å². The summed E-state index contributed by atoms with van der Waals surface area (Å²) in [6.45, 7) is 0. The van der Waals surface area contributed by atoms with E-state index in [0.717, 1.165) is 51.5 Å². The van der Waals surface area contributed by atoms with Gasteiger partial charge in [-0.3, -0.25) is 0 Å². The summed E-state index contributed by atoms with van der Waals surface area (Å²) in [6, 6.07) is 60.1. The molecule has 2 heteroatoms. The van der Waals surface area contributed by atoms with E-state index in [1.165, 1.54) is 92.5 Å². The molecule has 1 aliphatic rings. The highest BCUT2D eigenvalue weighted by atomic mass is 16.3. The van der Waals surface area contributed by atoms with Gasteiger partial charge in [0.1, 0.15) is 22.5 Å². The maximum Gasteiger partial charge on any atom is 0.139 e. The molecule has 0 amide bonds. The number of rotatable bonds is 2. The van der Waals surface area contributed by atoms with E-state index in [2.05, 4.69) is 170 Å². The van der Waals surface area contributed by atoms with Gasteiger partial charge >= 0.3 is 0 Å². The van der Waals surface area contributed by atoms with Gasteiger partial charge in [-0.05, 0) is 130 Å². The van der Waals surface area contributed by atoms with Crippen molar-refractivity contribution in [1.29, 1.82) is 0 Å². The molecule has 13 rings (SSSR count). The Morgan fingerprint density at radius 3 is 1.29 bits per heavy atom. The highest BCUT2D eigenvalue weighted by molar-refractivity contribution is 6.27. The van der Waals surface area contributed by atoms with Crippen molar-refractivity contribution in [2.24, 2.45) is 0 Å². The first-order valence-electron chi connectivity index (χ1n) is 19.5. The molecule has 0 atom stereocenters. The zero-order chi connectivity index (χ0) is 36.5. The van der Waals surface area contributed by atoms with Crippen LogP contribution in [0.3, 0.4) is 0 Å². The van der Waals surface area contributed by atoms with Crippen LogP contribution in [0.2, 0.25) is 0 Å². The van der Waals surface area contributed by atoms with Crippen LogP contribution < -0.4 is 0 Å². The van der Waals surface area contributed by atoms with Crippen molar-refractivity contribution in [3.05, 3.63) is 181 Å². The molecular weight excluding hydrogens is 681 g/mol. The lowest BCUT2D eigenvalue weighted by Gasteiger charge is -2.16. The first-order valence-corrected chi connectivity index (χ1v) is 19.5. The molecule has 2 nitrogen and oxygen atoms in total. The third kappa shape index (κ3) is 4.21. The molecule has 0 aliphatic heterocycles. The summed E-state index contributed by atoms with van der Waals surface area (Å²) < 4.78 is 13.0. The molecule has 10 aromatic carbocycles. The molecule has 0 N–H and O–H groups in total. The minimum absolute atomic E-state index is 0.851. The normalized spacial score (nSPS) is 13.3. The maximum absolute atomic E-state index is 6.55. The maximum atomic E-state index is 6.55. The quantitative estimate of drug-likeness (QED) is 0.167. The van der Waals surface area contributed by atoms with Gasteiger partial charge in [0.05, 0.1) is 0 Å². The fraction of sp³-hybridized carbons (Fsp3) is 0.0370. The summed E-state index contributed by atoms with van der Waals surface area (Å²) >= 11 is 0. The second-order valence-electron chi connectivity index (χ2n) is 15.5. The van der Waals surface area contributed by atoms with Gasteiger partial charge in [0.25, 0.3) is 0 Å². The standard InChI is InChI=1S/C54H32O2/c1-3-13-39-35(9-1)37-11-5-7-15-41(37)45-25-31(17-21-43(39)45)33-19-23-51-47(27-33)49-29-50-48-28-34(20-24-52(48)56-54(50)30-53(49)55-51)32-18-22-44-40-14-4-2-10-36(40)38-12-6-8-16-42(38)46(44)26-32/h1-19,21-23,25-30H,20,24H2. The molecule has 2 heterocycles. The molecule has 56 heavy (non-hydrogen) atoms. The molecule has 2 aromatic heterocycles. The van der Waals surface area contributed by atoms with Crippen LogP contribution in [0.25, 0.3) is 120 Å². The Morgan fingerprint density at radius 2 is 0.714 bits per heavy atom. The molecule has 0 radical (unpaired) electrons. The summed E-state index contributed by atoms with van der Waals surface area (Å²) in [5, 5.41) is 18.9. The number of fused-ring (bicyclic) bond motifs is 18. The van der Waals surface area contributed by atoms with Gasteiger partial charge in [-0.2, -0.15) is 0 Å². The van der Waals surface area contributed by atoms with Crippen molar-refractivity contribution in [3.63, 3.8) is 0 Å². The van der Waals surface area contributed by atoms with Crippen molar-refractivity contribution in [2.75, 3.05) is 0 Å². The number of aryl methyl sites for hydroxylation is 1. The summed E-state index contributed by atoms with van der Waals surface area (Å²) in [5.41, 5.74) is 8.78. The van der Waals surface area contributed by atoms with E-state index in [4.69, 9.17) is 8.83 Å². The Bertz CT molecular complexity index is 3630. The van der Waals surface area contributed by atoms with Crippen molar-refractivity contribution in [1.82, 2.24) is 0 Å². The van der Waals surface area contributed by atoms with Crippen LogP contribution in [0.15, 0.2) is 173 Å². The number of hydrogen-bond acceptors (Lipinski definition) is 2. The number of benzene rings is 10. The summed E-state index contributed by atoms with van der Waals surface area (Å²) in [5.74, 6) is 1.05. The Labute approximate surface area is 321 Å². The summed E-state index contributed by atoms with van der Waals surface area (Å²) in [4.78, 5) is 0. The van der Waals surface area contributed by atoms with Crippen molar-refractivity contribution in [2.45, 2.75) is 12.8 Å². The Hall–Kier alpha value is -7.16. The van der Waals surface area contributed by atoms with Crippen molar-refractivity contribution in [3.8, 4) is 11.1 Å². The van der Waals surface area contributed by atoms with E-state index in [-0.39, 0.29) is 0 Å². The lowest BCUT2D eigenvalue weighted by molar-refractivity contribution is 0.547. The lowest BCUT2D eigenvalue weighted by atomic mass is 9.88. The zero-order valence-corrected chi connectivity index (χ0v) is 30.4. The molecule has 0 unspecified atom stereocenters. The van der Waals surface area contributed by atoms with E-state index < -0.39 is 0 Å². The molecule has 0 saturated heterocycles. The Morgan fingerprint density at radius 1 is 0.286 bits per heavy atom. The van der Waals surface area contributed by atoms with Crippen molar-refractivity contribution >= 4 is 109 Å². The monoisotopic (exact) mass is 712 g/mol. The van der Waals surface area contributed by atoms with Crippen LogP contribution in [-0.4, -0.2) is 0 Å². The fourth-order valence-corrected chi connectivity index (χ4v) is 9.88. The largest absolute Gasteiger partial charge is 0.460 e. The van der Waals surface area contributed by atoms with Gasteiger partial charge in [-0.1, -0.05) is 127 Å².